The molecule has 0 bridgehead atoms. The average molecular weight is 371 g/mol. The van der Waals surface area contributed by atoms with Crippen molar-refractivity contribution in [3.8, 4) is 0 Å². The third-order valence-electron chi connectivity index (χ3n) is 4.24. The first-order valence-electron chi connectivity index (χ1n) is 8.66. The van der Waals surface area contributed by atoms with Gasteiger partial charge < -0.3 is 15.5 Å². The van der Waals surface area contributed by atoms with Crippen LogP contribution < -0.4 is 10.6 Å². The summed E-state index contributed by atoms with van der Waals surface area (Å²) in [5, 5.41) is 5.56. The molecular formula is C18H24F3N3O2. The van der Waals surface area contributed by atoms with Crippen LogP contribution in [0.25, 0.3) is 0 Å². The molecule has 0 aliphatic carbocycles. The number of carbonyl (C=O) groups excluding carboxylic acids is 2. The molecule has 1 saturated heterocycles. The summed E-state index contributed by atoms with van der Waals surface area (Å²) in [7, 11) is 0. The highest BCUT2D eigenvalue weighted by Gasteiger charge is 2.30. The minimum Gasteiger partial charge on any atom is -0.352 e. The Hall–Kier alpha value is -2.25. The number of halogens is 3. The second kappa shape index (κ2) is 8.42. The fourth-order valence-electron chi connectivity index (χ4n) is 2.86. The molecule has 26 heavy (non-hydrogen) atoms. The van der Waals surface area contributed by atoms with Crippen LogP contribution in [0.2, 0.25) is 0 Å². The SMILES string of the molecule is CC(C)NC(=O)N1CCCC(C(=O)NCc2ccc(C(F)(F)F)cc2)C1. The number of hydrogen-bond acceptors (Lipinski definition) is 2. The molecule has 0 spiro atoms. The van der Waals surface area contributed by atoms with Crippen molar-refractivity contribution in [3.05, 3.63) is 35.4 Å². The molecule has 1 atom stereocenters. The molecule has 0 aromatic heterocycles. The fourth-order valence-corrected chi connectivity index (χ4v) is 2.86. The molecular weight excluding hydrogens is 347 g/mol. The molecule has 0 saturated carbocycles. The first kappa shape index (κ1) is 20.1. The van der Waals surface area contributed by atoms with Crippen LogP contribution >= 0.6 is 0 Å². The van der Waals surface area contributed by atoms with Gasteiger partial charge in [-0.15, -0.1) is 0 Å². The first-order valence-corrected chi connectivity index (χ1v) is 8.66. The van der Waals surface area contributed by atoms with E-state index in [4.69, 9.17) is 0 Å². The third kappa shape index (κ3) is 5.64. The molecule has 2 rings (SSSR count). The van der Waals surface area contributed by atoms with Gasteiger partial charge in [0.2, 0.25) is 5.91 Å². The lowest BCUT2D eigenvalue weighted by atomic mass is 9.97. The Balaban J connectivity index is 1.86. The number of carbonyl (C=O) groups is 2. The van der Waals surface area contributed by atoms with E-state index in [0.29, 0.717) is 25.1 Å². The zero-order chi connectivity index (χ0) is 19.3. The molecule has 0 radical (unpaired) electrons. The number of alkyl halides is 3. The number of nitrogens with zero attached hydrogens (tertiary/aromatic N) is 1. The first-order chi connectivity index (χ1) is 12.2. The topological polar surface area (TPSA) is 61.4 Å². The van der Waals surface area contributed by atoms with Crippen LogP contribution in [0.1, 0.15) is 37.8 Å². The maximum absolute atomic E-state index is 12.6. The van der Waals surface area contributed by atoms with Gasteiger partial charge in [0.25, 0.3) is 0 Å². The van der Waals surface area contributed by atoms with Crippen molar-refractivity contribution in [2.75, 3.05) is 13.1 Å². The Kier molecular flexibility index (Phi) is 6.50. The summed E-state index contributed by atoms with van der Waals surface area (Å²) >= 11 is 0. The van der Waals surface area contributed by atoms with E-state index in [9.17, 15) is 22.8 Å². The highest BCUT2D eigenvalue weighted by atomic mass is 19.4. The molecule has 1 aromatic carbocycles. The van der Waals surface area contributed by atoms with Gasteiger partial charge in [0.15, 0.2) is 0 Å². The summed E-state index contributed by atoms with van der Waals surface area (Å²) in [5.41, 5.74) is -0.122. The Morgan fingerprint density at radius 2 is 1.88 bits per heavy atom. The van der Waals surface area contributed by atoms with E-state index in [0.717, 1.165) is 18.6 Å². The van der Waals surface area contributed by atoms with E-state index >= 15 is 0 Å². The van der Waals surface area contributed by atoms with Crippen LogP contribution in [0.3, 0.4) is 0 Å². The predicted octanol–water partition coefficient (Wildman–Crippen LogP) is 3.15. The summed E-state index contributed by atoms with van der Waals surface area (Å²) in [6, 6.07) is 4.55. The summed E-state index contributed by atoms with van der Waals surface area (Å²) in [6.07, 6.45) is -2.95. The monoisotopic (exact) mass is 371 g/mol. The molecule has 1 aromatic rings. The van der Waals surface area contributed by atoms with E-state index in [1.54, 1.807) is 4.90 Å². The minimum atomic E-state index is -4.37. The molecule has 1 aliphatic heterocycles. The predicted molar refractivity (Wildman–Crippen MR) is 91.3 cm³/mol. The van der Waals surface area contributed by atoms with Crippen molar-refractivity contribution in [2.45, 2.75) is 45.5 Å². The van der Waals surface area contributed by atoms with Gasteiger partial charge in [-0.25, -0.2) is 4.79 Å². The minimum absolute atomic E-state index is 0.0244. The number of urea groups is 1. The smallest absolute Gasteiger partial charge is 0.352 e. The van der Waals surface area contributed by atoms with Crippen molar-refractivity contribution in [1.82, 2.24) is 15.5 Å². The Morgan fingerprint density at radius 3 is 2.46 bits per heavy atom. The Morgan fingerprint density at radius 1 is 1.23 bits per heavy atom. The lowest BCUT2D eigenvalue weighted by molar-refractivity contribution is -0.137. The van der Waals surface area contributed by atoms with Gasteiger partial charge in [-0.2, -0.15) is 13.2 Å². The zero-order valence-electron chi connectivity index (χ0n) is 14.9. The molecule has 8 heteroatoms. The maximum atomic E-state index is 12.6. The summed E-state index contributed by atoms with van der Waals surface area (Å²) in [6.45, 7) is 4.86. The largest absolute Gasteiger partial charge is 0.416 e. The molecule has 1 unspecified atom stereocenters. The fraction of sp³-hybridized carbons (Fsp3) is 0.556. The molecule has 1 aliphatic rings. The van der Waals surface area contributed by atoms with Gasteiger partial charge in [0.1, 0.15) is 0 Å². The number of piperidine rings is 1. The lowest BCUT2D eigenvalue weighted by Gasteiger charge is -2.32. The highest BCUT2D eigenvalue weighted by molar-refractivity contribution is 5.80. The van der Waals surface area contributed by atoms with Crippen LogP contribution in [-0.2, 0) is 17.5 Å². The van der Waals surface area contributed by atoms with Crippen LogP contribution in [-0.4, -0.2) is 36.0 Å². The number of likely N-dealkylation sites (tertiary alicyclic amines) is 1. The zero-order valence-corrected chi connectivity index (χ0v) is 14.9. The van der Waals surface area contributed by atoms with Crippen molar-refractivity contribution in [1.29, 1.82) is 0 Å². The van der Waals surface area contributed by atoms with E-state index in [1.165, 1.54) is 12.1 Å². The maximum Gasteiger partial charge on any atom is 0.416 e. The van der Waals surface area contributed by atoms with Gasteiger partial charge in [-0.1, -0.05) is 12.1 Å². The van der Waals surface area contributed by atoms with Crippen LogP contribution in [0.15, 0.2) is 24.3 Å². The Labute approximate surface area is 150 Å². The number of amides is 3. The van der Waals surface area contributed by atoms with E-state index in [-0.39, 0.29) is 30.4 Å². The molecule has 3 amide bonds. The quantitative estimate of drug-likeness (QED) is 0.854. The van der Waals surface area contributed by atoms with E-state index in [1.807, 2.05) is 13.8 Å². The number of rotatable bonds is 4. The van der Waals surface area contributed by atoms with Crippen molar-refractivity contribution < 1.29 is 22.8 Å². The van der Waals surface area contributed by atoms with Crippen molar-refractivity contribution >= 4 is 11.9 Å². The van der Waals surface area contributed by atoms with Crippen molar-refractivity contribution in [3.63, 3.8) is 0 Å². The number of benzene rings is 1. The molecule has 144 valence electrons. The second-order valence-electron chi connectivity index (χ2n) is 6.80. The molecule has 2 N–H and O–H groups in total. The number of nitrogens with one attached hydrogen (secondary N) is 2. The van der Waals surface area contributed by atoms with Gasteiger partial charge in [0, 0.05) is 25.7 Å². The Bertz CT molecular complexity index is 630. The normalized spacial score (nSPS) is 17.9. The van der Waals surface area contributed by atoms with Crippen LogP contribution in [0, 0.1) is 5.92 Å². The summed E-state index contributed by atoms with van der Waals surface area (Å²) in [4.78, 5) is 26.0. The second-order valence-corrected chi connectivity index (χ2v) is 6.80. The van der Waals surface area contributed by atoms with Gasteiger partial charge in [-0.05, 0) is 44.4 Å². The lowest BCUT2D eigenvalue weighted by Crippen LogP contribution is -2.50. The van der Waals surface area contributed by atoms with Gasteiger partial charge in [0.05, 0.1) is 11.5 Å². The molecule has 5 nitrogen and oxygen atoms in total. The van der Waals surface area contributed by atoms with Gasteiger partial charge >= 0.3 is 12.2 Å². The summed E-state index contributed by atoms with van der Waals surface area (Å²) in [5.74, 6) is -0.497. The number of hydrogen-bond donors (Lipinski definition) is 2. The third-order valence-corrected chi connectivity index (χ3v) is 4.24. The molecule has 1 heterocycles. The molecule has 1 fully saturated rings. The summed E-state index contributed by atoms with van der Waals surface area (Å²) < 4.78 is 37.7. The van der Waals surface area contributed by atoms with Gasteiger partial charge in [-0.3, -0.25) is 4.79 Å². The van der Waals surface area contributed by atoms with E-state index in [2.05, 4.69) is 10.6 Å². The van der Waals surface area contributed by atoms with Crippen molar-refractivity contribution in [2.24, 2.45) is 5.92 Å². The average Bonchev–Trinajstić information content (AvgIpc) is 2.58. The van der Waals surface area contributed by atoms with E-state index < -0.39 is 11.7 Å². The van der Waals surface area contributed by atoms with Crippen LogP contribution in [0.4, 0.5) is 18.0 Å². The standard InChI is InChI=1S/C18H24F3N3O2/c1-12(2)23-17(26)24-9-3-4-14(11-24)16(25)22-10-13-5-7-15(8-6-13)18(19,20)21/h5-8,12,14H,3-4,9-11H2,1-2H3,(H,22,25)(H,23,26). The van der Waals surface area contributed by atoms with Crippen LogP contribution in [0.5, 0.6) is 0 Å². The highest BCUT2D eigenvalue weighted by Crippen LogP contribution is 2.29.